The van der Waals surface area contributed by atoms with Crippen molar-refractivity contribution >= 4 is 21.7 Å². The van der Waals surface area contributed by atoms with Gasteiger partial charge >= 0.3 is 0 Å². The van der Waals surface area contributed by atoms with Crippen molar-refractivity contribution in [3.8, 4) is 0 Å². The summed E-state index contributed by atoms with van der Waals surface area (Å²) in [4.78, 5) is 11.5. The first-order valence-corrected chi connectivity index (χ1v) is 6.15. The van der Waals surface area contributed by atoms with Crippen LogP contribution in [0.25, 0.3) is 0 Å². The number of benzene rings is 1. The minimum absolute atomic E-state index is 0.0114. The fourth-order valence-electron chi connectivity index (χ4n) is 1.77. The molecule has 1 nitrogen and oxygen atoms in total. The first-order valence-electron chi connectivity index (χ1n) is 5.36. The quantitative estimate of drug-likeness (QED) is 0.818. The number of hydrogen-bond acceptors (Lipinski definition) is 1. The maximum absolute atomic E-state index is 13.0. The first kappa shape index (κ1) is 13.4. The van der Waals surface area contributed by atoms with E-state index in [1.165, 1.54) is 6.07 Å². The van der Waals surface area contributed by atoms with Crippen molar-refractivity contribution in [3.63, 3.8) is 0 Å². The standard InChI is InChI=1S/C13H16BrFO/c1-8(2)11(9(3)16)6-10-4-5-13(15)12(14)7-10/h4-5,7-8,11H,6H2,1-3H3. The molecule has 0 aliphatic carbocycles. The summed E-state index contributed by atoms with van der Waals surface area (Å²) in [5, 5.41) is 0. The topological polar surface area (TPSA) is 17.1 Å². The van der Waals surface area contributed by atoms with Gasteiger partial charge in [-0.25, -0.2) is 4.39 Å². The zero-order valence-corrected chi connectivity index (χ0v) is 11.3. The minimum atomic E-state index is -0.271. The molecule has 0 amide bonds. The van der Waals surface area contributed by atoms with Crippen LogP contribution in [0.1, 0.15) is 26.3 Å². The third kappa shape index (κ3) is 3.41. The smallest absolute Gasteiger partial charge is 0.137 e. The van der Waals surface area contributed by atoms with Crippen LogP contribution >= 0.6 is 15.9 Å². The number of ketones is 1. The van der Waals surface area contributed by atoms with Gasteiger partial charge in [-0.2, -0.15) is 0 Å². The highest BCUT2D eigenvalue weighted by Gasteiger charge is 2.19. The first-order chi connectivity index (χ1) is 7.41. The second-order valence-electron chi connectivity index (χ2n) is 4.41. The average molecular weight is 287 g/mol. The minimum Gasteiger partial charge on any atom is -0.300 e. The van der Waals surface area contributed by atoms with Gasteiger partial charge in [0.1, 0.15) is 11.6 Å². The second kappa shape index (κ2) is 5.58. The molecule has 88 valence electrons. The molecule has 0 aliphatic rings. The predicted octanol–water partition coefficient (Wildman–Crippen LogP) is 3.99. The highest BCUT2D eigenvalue weighted by atomic mass is 79.9. The molecular weight excluding hydrogens is 271 g/mol. The highest BCUT2D eigenvalue weighted by Crippen LogP contribution is 2.22. The van der Waals surface area contributed by atoms with Gasteiger partial charge in [0, 0.05) is 5.92 Å². The Kier molecular flexibility index (Phi) is 4.66. The van der Waals surface area contributed by atoms with Crippen molar-refractivity contribution in [2.75, 3.05) is 0 Å². The van der Waals surface area contributed by atoms with Gasteiger partial charge in [-0.1, -0.05) is 19.9 Å². The lowest BCUT2D eigenvalue weighted by Crippen LogP contribution is -2.20. The SMILES string of the molecule is CC(=O)C(Cc1ccc(F)c(Br)c1)C(C)C. The van der Waals surface area contributed by atoms with E-state index >= 15 is 0 Å². The summed E-state index contributed by atoms with van der Waals surface area (Å²) in [6, 6.07) is 4.91. The molecule has 1 rings (SSSR count). The van der Waals surface area contributed by atoms with Gasteiger partial charge in [0.25, 0.3) is 0 Å². The van der Waals surface area contributed by atoms with Crippen LogP contribution in [0.4, 0.5) is 4.39 Å². The summed E-state index contributed by atoms with van der Waals surface area (Å²) in [7, 11) is 0. The predicted molar refractivity (Wildman–Crippen MR) is 66.8 cm³/mol. The van der Waals surface area contributed by atoms with E-state index in [4.69, 9.17) is 0 Å². The fourth-order valence-corrected chi connectivity index (χ4v) is 2.20. The number of Topliss-reactive ketones (excluding diaryl/α,β-unsaturated/α-hetero) is 1. The van der Waals surface area contributed by atoms with Crippen LogP contribution in [0.15, 0.2) is 22.7 Å². The van der Waals surface area contributed by atoms with Crippen LogP contribution in [0.2, 0.25) is 0 Å². The van der Waals surface area contributed by atoms with Gasteiger partial charge in [-0.3, -0.25) is 4.79 Å². The Labute approximate surface area is 104 Å². The largest absolute Gasteiger partial charge is 0.300 e. The van der Waals surface area contributed by atoms with Crippen LogP contribution in [-0.4, -0.2) is 5.78 Å². The molecule has 0 bridgehead atoms. The summed E-state index contributed by atoms with van der Waals surface area (Å²) >= 11 is 3.15. The molecule has 0 radical (unpaired) electrons. The Bertz CT molecular complexity index is 388. The van der Waals surface area contributed by atoms with E-state index in [9.17, 15) is 9.18 Å². The molecule has 0 spiro atoms. The summed E-state index contributed by atoms with van der Waals surface area (Å²) in [5.41, 5.74) is 0.988. The van der Waals surface area contributed by atoms with E-state index in [1.54, 1.807) is 19.1 Å². The molecule has 3 heteroatoms. The van der Waals surface area contributed by atoms with Crippen molar-refractivity contribution in [2.45, 2.75) is 27.2 Å². The monoisotopic (exact) mass is 286 g/mol. The molecule has 0 heterocycles. The van der Waals surface area contributed by atoms with Crippen LogP contribution in [0, 0.1) is 17.7 Å². The lowest BCUT2D eigenvalue weighted by Gasteiger charge is -2.17. The number of carbonyl (C=O) groups is 1. The molecule has 16 heavy (non-hydrogen) atoms. The molecule has 0 aromatic heterocycles. The molecule has 0 fully saturated rings. The Balaban J connectivity index is 2.86. The van der Waals surface area contributed by atoms with E-state index in [0.717, 1.165) is 5.56 Å². The Hall–Kier alpha value is -0.700. The summed E-state index contributed by atoms with van der Waals surface area (Å²) in [6.45, 7) is 5.68. The zero-order valence-electron chi connectivity index (χ0n) is 9.76. The van der Waals surface area contributed by atoms with Crippen LogP contribution < -0.4 is 0 Å². The van der Waals surface area contributed by atoms with Gasteiger partial charge in [0.15, 0.2) is 0 Å². The third-order valence-electron chi connectivity index (χ3n) is 2.77. The van der Waals surface area contributed by atoms with Crippen LogP contribution in [0.3, 0.4) is 0 Å². The Morgan fingerprint density at radius 3 is 2.50 bits per heavy atom. The normalized spacial score (nSPS) is 12.9. The van der Waals surface area contributed by atoms with E-state index in [1.807, 2.05) is 13.8 Å². The third-order valence-corrected chi connectivity index (χ3v) is 3.37. The molecule has 1 aromatic rings. The van der Waals surface area contributed by atoms with Gasteiger partial charge in [0.05, 0.1) is 4.47 Å². The Morgan fingerprint density at radius 2 is 2.06 bits per heavy atom. The molecule has 1 aromatic carbocycles. The zero-order chi connectivity index (χ0) is 12.3. The maximum Gasteiger partial charge on any atom is 0.137 e. The van der Waals surface area contributed by atoms with Crippen molar-refractivity contribution in [1.82, 2.24) is 0 Å². The number of hydrogen-bond donors (Lipinski definition) is 0. The Morgan fingerprint density at radius 1 is 1.44 bits per heavy atom. The van der Waals surface area contributed by atoms with E-state index in [2.05, 4.69) is 15.9 Å². The van der Waals surface area contributed by atoms with Gasteiger partial charge < -0.3 is 0 Å². The molecule has 0 N–H and O–H groups in total. The maximum atomic E-state index is 13.0. The van der Waals surface area contributed by atoms with E-state index in [-0.39, 0.29) is 17.5 Å². The van der Waals surface area contributed by atoms with Crippen molar-refractivity contribution in [3.05, 3.63) is 34.1 Å². The molecule has 0 saturated heterocycles. The van der Waals surface area contributed by atoms with Gasteiger partial charge in [-0.15, -0.1) is 0 Å². The molecule has 1 atom stereocenters. The highest BCUT2D eigenvalue weighted by molar-refractivity contribution is 9.10. The summed E-state index contributed by atoms with van der Waals surface area (Å²) in [6.07, 6.45) is 0.672. The van der Waals surface area contributed by atoms with Gasteiger partial charge in [0.2, 0.25) is 0 Å². The second-order valence-corrected chi connectivity index (χ2v) is 5.27. The summed E-state index contributed by atoms with van der Waals surface area (Å²) in [5.74, 6) is 0.238. The number of halogens is 2. The fraction of sp³-hybridized carbons (Fsp3) is 0.462. The van der Waals surface area contributed by atoms with Crippen molar-refractivity contribution in [1.29, 1.82) is 0 Å². The van der Waals surface area contributed by atoms with E-state index < -0.39 is 0 Å². The van der Waals surface area contributed by atoms with Crippen LogP contribution in [-0.2, 0) is 11.2 Å². The van der Waals surface area contributed by atoms with Gasteiger partial charge in [-0.05, 0) is 52.9 Å². The van der Waals surface area contributed by atoms with E-state index in [0.29, 0.717) is 16.8 Å². The molecular formula is C13H16BrFO. The summed E-state index contributed by atoms with van der Waals surface area (Å²) < 4.78 is 13.5. The molecule has 1 unspecified atom stereocenters. The van der Waals surface area contributed by atoms with Crippen molar-refractivity contribution < 1.29 is 9.18 Å². The molecule has 0 saturated carbocycles. The number of rotatable bonds is 4. The lowest BCUT2D eigenvalue weighted by molar-refractivity contribution is -0.121. The lowest BCUT2D eigenvalue weighted by atomic mass is 9.86. The van der Waals surface area contributed by atoms with Crippen LogP contribution in [0.5, 0.6) is 0 Å². The van der Waals surface area contributed by atoms with Crippen molar-refractivity contribution in [2.24, 2.45) is 11.8 Å². The molecule has 0 aliphatic heterocycles. The average Bonchev–Trinajstić information content (AvgIpc) is 2.18. The number of carbonyl (C=O) groups excluding carboxylic acids is 1.